The number of carbonyl (C=O) groups excluding carboxylic acids is 1. The minimum Gasteiger partial charge on any atom is -0.329 e. The SMILES string of the molecule is CC#CC(=O)N(CC1CC2C=CC1C2)C1CCN(C)CC1. The number of amides is 1. The summed E-state index contributed by atoms with van der Waals surface area (Å²) in [7, 11) is 2.16. The fourth-order valence-corrected chi connectivity index (χ4v) is 4.24. The Morgan fingerprint density at radius 3 is 2.62 bits per heavy atom. The number of fused-ring (bicyclic) bond motifs is 2. The molecule has 2 fully saturated rings. The molecule has 3 rings (SSSR count). The zero-order chi connectivity index (χ0) is 14.8. The van der Waals surface area contributed by atoms with Gasteiger partial charge < -0.3 is 9.80 Å². The van der Waals surface area contributed by atoms with Gasteiger partial charge in [-0.15, -0.1) is 0 Å². The van der Waals surface area contributed by atoms with Gasteiger partial charge in [-0.25, -0.2) is 0 Å². The molecular formula is C18H26N2O. The van der Waals surface area contributed by atoms with Gasteiger partial charge in [0.15, 0.2) is 0 Å². The molecule has 3 heteroatoms. The summed E-state index contributed by atoms with van der Waals surface area (Å²) in [5.74, 6) is 7.73. The second kappa shape index (κ2) is 6.23. The van der Waals surface area contributed by atoms with Gasteiger partial charge in [0.2, 0.25) is 0 Å². The van der Waals surface area contributed by atoms with Crippen molar-refractivity contribution in [3.63, 3.8) is 0 Å². The molecule has 1 amide bonds. The Kier molecular flexibility index (Phi) is 4.35. The third kappa shape index (κ3) is 3.16. The summed E-state index contributed by atoms with van der Waals surface area (Å²) in [6.45, 7) is 4.84. The van der Waals surface area contributed by atoms with E-state index in [-0.39, 0.29) is 5.91 Å². The van der Waals surface area contributed by atoms with Crippen LogP contribution in [0.1, 0.15) is 32.6 Å². The molecule has 1 heterocycles. The van der Waals surface area contributed by atoms with Crippen LogP contribution < -0.4 is 0 Å². The van der Waals surface area contributed by atoms with E-state index < -0.39 is 0 Å². The summed E-state index contributed by atoms with van der Waals surface area (Å²) in [6.07, 6.45) is 9.49. The molecule has 3 aliphatic rings. The van der Waals surface area contributed by atoms with Gasteiger partial charge in [0.25, 0.3) is 5.91 Å². The van der Waals surface area contributed by atoms with Gasteiger partial charge in [-0.1, -0.05) is 18.1 Å². The highest BCUT2D eigenvalue weighted by molar-refractivity contribution is 5.93. The minimum absolute atomic E-state index is 0.0406. The summed E-state index contributed by atoms with van der Waals surface area (Å²) in [6, 6.07) is 0.387. The topological polar surface area (TPSA) is 23.6 Å². The number of hydrogen-bond acceptors (Lipinski definition) is 2. The molecular weight excluding hydrogens is 260 g/mol. The van der Waals surface area contributed by atoms with Crippen molar-refractivity contribution in [1.29, 1.82) is 0 Å². The van der Waals surface area contributed by atoms with Gasteiger partial charge >= 0.3 is 0 Å². The number of nitrogens with zero attached hydrogens (tertiary/aromatic N) is 2. The van der Waals surface area contributed by atoms with Crippen LogP contribution in [0.15, 0.2) is 12.2 Å². The zero-order valence-corrected chi connectivity index (χ0v) is 13.2. The maximum atomic E-state index is 12.4. The monoisotopic (exact) mass is 286 g/mol. The van der Waals surface area contributed by atoms with Gasteiger partial charge in [0.1, 0.15) is 0 Å². The number of carbonyl (C=O) groups is 1. The summed E-state index contributed by atoms with van der Waals surface area (Å²) >= 11 is 0. The van der Waals surface area contributed by atoms with Crippen molar-refractivity contribution in [1.82, 2.24) is 9.80 Å². The lowest BCUT2D eigenvalue weighted by molar-refractivity contribution is -0.129. The first-order valence-corrected chi connectivity index (χ1v) is 8.27. The second-order valence-electron chi connectivity index (χ2n) is 6.91. The first-order chi connectivity index (χ1) is 10.2. The number of piperidine rings is 1. The largest absolute Gasteiger partial charge is 0.329 e. The minimum atomic E-state index is 0.0406. The van der Waals surface area contributed by atoms with Crippen LogP contribution in [0.25, 0.3) is 0 Å². The number of allylic oxidation sites excluding steroid dienone is 2. The van der Waals surface area contributed by atoms with Crippen LogP contribution in [0.3, 0.4) is 0 Å². The van der Waals surface area contributed by atoms with E-state index in [9.17, 15) is 4.79 Å². The Hall–Kier alpha value is -1.27. The van der Waals surface area contributed by atoms with Crippen molar-refractivity contribution in [2.24, 2.45) is 17.8 Å². The third-order valence-corrected chi connectivity index (χ3v) is 5.47. The molecule has 0 radical (unpaired) electrons. The average molecular weight is 286 g/mol. The van der Waals surface area contributed by atoms with E-state index in [0.29, 0.717) is 17.9 Å². The Morgan fingerprint density at radius 2 is 2.05 bits per heavy atom. The van der Waals surface area contributed by atoms with E-state index in [1.165, 1.54) is 12.8 Å². The molecule has 0 spiro atoms. The fourth-order valence-electron chi connectivity index (χ4n) is 4.24. The van der Waals surface area contributed by atoms with Crippen molar-refractivity contribution in [3.05, 3.63) is 12.2 Å². The molecule has 2 aliphatic carbocycles. The number of hydrogen-bond donors (Lipinski definition) is 0. The van der Waals surface area contributed by atoms with Gasteiger partial charge in [-0.05, 0) is 76.4 Å². The zero-order valence-electron chi connectivity index (χ0n) is 13.2. The van der Waals surface area contributed by atoms with Crippen molar-refractivity contribution in [3.8, 4) is 11.8 Å². The molecule has 21 heavy (non-hydrogen) atoms. The Balaban J connectivity index is 1.68. The highest BCUT2D eigenvalue weighted by Crippen LogP contribution is 2.44. The molecule has 114 valence electrons. The van der Waals surface area contributed by atoms with Crippen LogP contribution in [0.5, 0.6) is 0 Å². The van der Waals surface area contributed by atoms with E-state index in [4.69, 9.17) is 0 Å². The summed E-state index contributed by atoms with van der Waals surface area (Å²) in [5.41, 5.74) is 0. The third-order valence-electron chi connectivity index (χ3n) is 5.47. The van der Waals surface area contributed by atoms with Crippen molar-refractivity contribution in [2.75, 3.05) is 26.7 Å². The molecule has 0 aromatic carbocycles. The van der Waals surface area contributed by atoms with Crippen LogP contribution in [0.2, 0.25) is 0 Å². The maximum Gasteiger partial charge on any atom is 0.298 e. The Labute approximate surface area is 128 Å². The molecule has 3 atom stereocenters. The summed E-state index contributed by atoms with van der Waals surface area (Å²) in [4.78, 5) is 16.9. The van der Waals surface area contributed by atoms with Gasteiger partial charge in [-0.3, -0.25) is 4.79 Å². The van der Waals surface area contributed by atoms with Crippen LogP contribution in [-0.2, 0) is 4.79 Å². The van der Waals surface area contributed by atoms with Crippen LogP contribution in [0, 0.1) is 29.6 Å². The molecule has 2 bridgehead atoms. The van der Waals surface area contributed by atoms with Crippen LogP contribution >= 0.6 is 0 Å². The molecule has 0 N–H and O–H groups in total. The fraction of sp³-hybridized carbons (Fsp3) is 0.722. The van der Waals surface area contributed by atoms with E-state index >= 15 is 0 Å². The predicted molar refractivity (Wildman–Crippen MR) is 84.5 cm³/mol. The molecule has 3 nitrogen and oxygen atoms in total. The normalized spacial score (nSPS) is 32.0. The predicted octanol–water partition coefficient (Wildman–Crippen LogP) is 2.14. The smallest absolute Gasteiger partial charge is 0.298 e. The highest BCUT2D eigenvalue weighted by Gasteiger charge is 2.38. The summed E-state index contributed by atoms with van der Waals surface area (Å²) in [5, 5.41) is 0. The van der Waals surface area contributed by atoms with Gasteiger partial charge in [0.05, 0.1) is 0 Å². The lowest BCUT2D eigenvalue weighted by atomic mass is 9.91. The molecule has 0 aromatic rings. The molecule has 3 unspecified atom stereocenters. The maximum absolute atomic E-state index is 12.4. The van der Waals surface area contributed by atoms with E-state index in [2.05, 4.69) is 40.8 Å². The van der Waals surface area contributed by atoms with E-state index in [1.54, 1.807) is 6.92 Å². The highest BCUT2D eigenvalue weighted by atomic mass is 16.2. The standard InChI is InChI=1S/C18H26N2O/c1-3-4-18(21)20(17-7-9-19(2)10-8-17)13-16-12-14-5-6-15(16)11-14/h5-6,14-17H,7-13H2,1-2H3. The summed E-state index contributed by atoms with van der Waals surface area (Å²) < 4.78 is 0. The lowest BCUT2D eigenvalue weighted by Gasteiger charge is -2.38. The van der Waals surface area contributed by atoms with E-state index in [1.807, 2.05) is 0 Å². The van der Waals surface area contributed by atoms with Gasteiger partial charge in [0, 0.05) is 12.6 Å². The van der Waals surface area contributed by atoms with E-state index in [0.717, 1.165) is 38.4 Å². The van der Waals surface area contributed by atoms with Crippen LogP contribution in [0.4, 0.5) is 0 Å². The number of likely N-dealkylation sites (tertiary alicyclic amines) is 1. The van der Waals surface area contributed by atoms with Crippen molar-refractivity contribution >= 4 is 5.91 Å². The number of rotatable bonds is 3. The first kappa shape index (κ1) is 14.7. The Bertz CT molecular complexity index is 479. The molecule has 1 saturated heterocycles. The quantitative estimate of drug-likeness (QED) is 0.586. The molecule has 1 saturated carbocycles. The average Bonchev–Trinajstić information content (AvgIpc) is 3.08. The van der Waals surface area contributed by atoms with Gasteiger partial charge in [-0.2, -0.15) is 0 Å². The van der Waals surface area contributed by atoms with Crippen LogP contribution in [-0.4, -0.2) is 48.4 Å². The second-order valence-corrected chi connectivity index (χ2v) is 6.91. The van der Waals surface area contributed by atoms with Crippen molar-refractivity contribution < 1.29 is 4.79 Å². The van der Waals surface area contributed by atoms with Crippen molar-refractivity contribution in [2.45, 2.75) is 38.6 Å². The molecule has 0 aromatic heterocycles. The first-order valence-electron chi connectivity index (χ1n) is 8.27. The molecule has 1 aliphatic heterocycles. The lowest BCUT2D eigenvalue weighted by Crippen LogP contribution is -2.48. The Morgan fingerprint density at radius 1 is 1.29 bits per heavy atom.